The number of allylic oxidation sites excluding steroid dienone is 32. The van der Waals surface area contributed by atoms with Crippen molar-refractivity contribution in [1.29, 1.82) is 0 Å². The number of esters is 2. The minimum absolute atomic E-state index is 0.0374. The van der Waals surface area contributed by atoms with Gasteiger partial charge in [0.25, 0.3) is 7.82 Å². The average molecular weight is 1460 g/mol. The van der Waals surface area contributed by atoms with Crippen molar-refractivity contribution in [3.63, 3.8) is 0 Å². The molecule has 0 aliphatic rings. The fraction of sp³-hybridized carbons (Fsp3) is 0.638. The number of rotatable bonds is 76. The van der Waals surface area contributed by atoms with Crippen molar-refractivity contribution >= 4 is 19.8 Å². The van der Waals surface area contributed by atoms with Crippen LogP contribution in [0.15, 0.2) is 194 Å². The minimum Gasteiger partial charge on any atom is -0.756 e. The Bertz CT molecular complexity index is 2470. The van der Waals surface area contributed by atoms with Crippen molar-refractivity contribution < 1.29 is 42.1 Å². The van der Waals surface area contributed by atoms with E-state index in [2.05, 4.69) is 208 Å². The van der Waals surface area contributed by atoms with Crippen molar-refractivity contribution in [3.05, 3.63) is 194 Å². The summed E-state index contributed by atoms with van der Waals surface area (Å²) < 4.78 is 34.4. The Morgan fingerprint density at radius 3 is 0.769 bits per heavy atom. The fourth-order valence-electron chi connectivity index (χ4n) is 11.3. The van der Waals surface area contributed by atoms with Crippen LogP contribution in [0.25, 0.3) is 0 Å². The van der Waals surface area contributed by atoms with Gasteiger partial charge in [-0.3, -0.25) is 14.2 Å². The molecule has 0 saturated carbocycles. The van der Waals surface area contributed by atoms with Crippen LogP contribution in [-0.2, 0) is 32.7 Å². The van der Waals surface area contributed by atoms with Gasteiger partial charge in [-0.2, -0.15) is 0 Å². The monoisotopic (exact) mass is 1460 g/mol. The predicted octanol–water partition coefficient (Wildman–Crippen LogP) is 28.1. The molecule has 0 aromatic heterocycles. The third-order valence-corrected chi connectivity index (χ3v) is 18.6. The second-order valence-electron chi connectivity index (χ2n) is 28.7. The number of phosphoric acid groups is 1. The van der Waals surface area contributed by atoms with E-state index in [1.807, 2.05) is 21.1 Å². The maximum absolute atomic E-state index is 12.9. The molecule has 104 heavy (non-hydrogen) atoms. The van der Waals surface area contributed by atoms with E-state index in [0.29, 0.717) is 17.4 Å². The van der Waals surface area contributed by atoms with Crippen LogP contribution in [0.1, 0.15) is 335 Å². The van der Waals surface area contributed by atoms with Gasteiger partial charge in [0.2, 0.25) is 0 Å². The van der Waals surface area contributed by atoms with E-state index in [9.17, 15) is 19.0 Å². The molecule has 0 fully saturated rings. The van der Waals surface area contributed by atoms with Gasteiger partial charge in [-0.15, -0.1) is 0 Å². The Morgan fingerprint density at radius 2 is 0.519 bits per heavy atom. The summed E-state index contributed by atoms with van der Waals surface area (Å²) in [5.74, 6) is -0.833. The smallest absolute Gasteiger partial charge is 0.306 e. The van der Waals surface area contributed by atoms with Gasteiger partial charge in [0.05, 0.1) is 27.7 Å². The molecule has 0 rings (SSSR count). The standard InChI is InChI=1S/C94H156NO8P/c1-6-8-10-12-14-16-18-20-22-24-26-28-30-32-34-36-38-40-42-44-46-47-49-51-53-55-57-59-61-63-65-67-69-71-73-75-77-79-81-83-85-87-94(97)103-92(91-102-104(98,99)101-89-88-95(3,4)5)90-100-93(96)86-84-82-80-78-76-74-72-70-68-66-64-62-60-58-56-54-52-50-48-45-43-41-39-37-35-33-31-29-27-25-23-21-19-17-15-13-11-9-7-2/h8-11,14-17,20-23,26-29,32-35,38-41,44-46,48-49,51,55,57,92H,6-7,12-13,18-19,24-25,30-31,36-37,42-43,47,50,52-54,56,58-91H2,1-5H3/b10-8-,11-9-,16-14-,17-15-,22-20-,23-21-,28-26-,29-27-,34-32-,35-33-,40-38-,41-39-,46-44-,48-45-,51-49-,57-55-. The van der Waals surface area contributed by atoms with Gasteiger partial charge in [-0.05, 0) is 141 Å². The van der Waals surface area contributed by atoms with Crippen molar-refractivity contribution in [1.82, 2.24) is 0 Å². The van der Waals surface area contributed by atoms with Gasteiger partial charge < -0.3 is 27.9 Å². The number of carbonyl (C=O) groups is 2. The second kappa shape index (κ2) is 81.9. The molecule has 0 aromatic carbocycles. The molecule has 0 aromatic rings. The quantitative estimate of drug-likeness (QED) is 0.0195. The molecule has 0 spiro atoms. The molecule has 0 amide bonds. The first-order chi connectivity index (χ1) is 51.0. The maximum atomic E-state index is 12.9. The molecular formula is C94H156NO8P. The van der Waals surface area contributed by atoms with E-state index in [0.717, 1.165) is 141 Å². The first-order valence-corrected chi connectivity index (χ1v) is 43.6. The number of quaternary nitrogens is 1. The number of likely N-dealkylation sites (N-methyl/N-ethyl adjacent to an activating group) is 1. The summed E-state index contributed by atoms with van der Waals surface area (Å²) in [6.07, 6.45) is 127. The van der Waals surface area contributed by atoms with E-state index in [1.165, 1.54) is 161 Å². The first-order valence-electron chi connectivity index (χ1n) is 42.1. The normalized spacial score (nSPS) is 14.0. The molecule has 0 bridgehead atoms. The van der Waals surface area contributed by atoms with E-state index >= 15 is 0 Å². The van der Waals surface area contributed by atoms with Crippen molar-refractivity contribution in [3.8, 4) is 0 Å². The molecule has 0 heterocycles. The molecule has 9 nitrogen and oxygen atoms in total. The summed E-state index contributed by atoms with van der Waals surface area (Å²) in [5, 5.41) is 0. The molecule has 2 atom stereocenters. The topological polar surface area (TPSA) is 111 Å². The van der Waals surface area contributed by atoms with Crippen LogP contribution < -0.4 is 4.89 Å². The van der Waals surface area contributed by atoms with Gasteiger partial charge in [-0.1, -0.05) is 375 Å². The van der Waals surface area contributed by atoms with E-state index in [4.69, 9.17) is 18.5 Å². The lowest BCUT2D eigenvalue weighted by atomic mass is 10.0. The largest absolute Gasteiger partial charge is 0.756 e. The Balaban J connectivity index is 4.00. The lowest BCUT2D eigenvalue weighted by molar-refractivity contribution is -0.870. The summed E-state index contributed by atoms with van der Waals surface area (Å²) in [6.45, 7) is 4.02. The summed E-state index contributed by atoms with van der Waals surface area (Å²) in [4.78, 5) is 38.2. The van der Waals surface area contributed by atoms with E-state index in [1.54, 1.807) is 0 Å². The summed E-state index contributed by atoms with van der Waals surface area (Å²) in [6, 6.07) is 0. The number of unbranched alkanes of at least 4 members (excludes halogenated alkanes) is 30. The third kappa shape index (κ3) is 85.8. The van der Waals surface area contributed by atoms with Crippen molar-refractivity contribution in [2.75, 3.05) is 47.5 Å². The zero-order chi connectivity index (χ0) is 75.4. The highest BCUT2D eigenvalue weighted by atomic mass is 31.2. The Hall–Kier alpha value is -5.15. The number of hydrogen-bond acceptors (Lipinski definition) is 8. The molecule has 0 N–H and O–H groups in total. The van der Waals surface area contributed by atoms with Gasteiger partial charge >= 0.3 is 11.9 Å². The molecule has 0 radical (unpaired) electrons. The predicted molar refractivity (Wildman–Crippen MR) is 452 cm³/mol. The van der Waals surface area contributed by atoms with Crippen LogP contribution in [0.3, 0.4) is 0 Å². The maximum Gasteiger partial charge on any atom is 0.306 e. The third-order valence-electron chi connectivity index (χ3n) is 17.6. The first kappa shape index (κ1) is 98.8. The minimum atomic E-state index is -4.66. The highest BCUT2D eigenvalue weighted by Gasteiger charge is 2.22. The molecule has 2 unspecified atom stereocenters. The second-order valence-corrected chi connectivity index (χ2v) is 30.1. The molecule has 590 valence electrons. The number of nitrogens with zero attached hydrogens (tertiary/aromatic N) is 1. The molecular weight excluding hydrogens is 1300 g/mol. The van der Waals surface area contributed by atoms with Gasteiger partial charge in [0.1, 0.15) is 19.8 Å². The van der Waals surface area contributed by atoms with Gasteiger partial charge in [-0.25, -0.2) is 0 Å². The Labute approximate surface area is 641 Å². The molecule has 0 aliphatic carbocycles. The fourth-order valence-corrected chi connectivity index (χ4v) is 12.0. The van der Waals surface area contributed by atoms with E-state index < -0.39 is 26.5 Å². The van der Waals surface area contributed by atoms with Crippen LogP contribution in [0.4, 0.5) is 0 Å². The van der Waals surface area contributed by atoms with Crippen LogP contribution in [0, 0.1) is 0 Å². The van der Waals surface area contributed by atoms with Crippen LogP contribution in [0.2, 0.25) is 0 Å². The Kier molecular flexibility index (Phi) is 77.9. The summed E-state index contributed by atoms with van der Waals surface area (Å²) >= 11 is 0. The number of phosphoric ester groups is 1. The molecule has 0 aliphatic heterocycles. The van der Waals surface area contributed by atoms with E-state index in [-0.39, 0.29) is 32.0 Å². The van der Waals surface area contributed by atoms with Gasteiger partial charge in [0, 0.05) is 12.8 Å². The Morgan fingerprint density at radius 1 is 0.298 bits per heavy atom. The summed E-state index contributed by atoms with van der Waals surface area (Å²) in [7, 11) is 1.16. The van der Waals surface area contributed by atoms with Crippen LogP contribution in [0.5, 0.6) is 0 Å². The van der Waals surface area contributed by atoms with Crippen molar-refractivity contribution in [2.45, 2.75) is 341 Å². The highest BCUT2D eigenvalue weighted by Crippen LogP contribution is 2.38. The lowest BCUT2D eigenvalue weighted by Crippen LogP contribution is -2.37. The van der Waals surface area contributed by atoms with Crippen molar-refractivity contribution in [2.24, 2.45) is 0 Å². The zero-order valence-corrected chi connectivity index (χ0v) is 68.3. The van der Waals surface area contributed by atoms with Gasteiger partial charge in [0.15, 0.2) is 6.10 Å². The highest BCUT2D eigenvalue weighted by molar-refractivity contribution is 7.45. The summed E-state index contributed by atoms with van der Waals surface area (Å²) in [5.41, 5.74) is 0. The molecule has 0 saturated heterocycles. The number of hydrogen-bond donors (Lipinski definition) is 0. The molecule has 10 heteroatoms. The lowest BCUT2D eigenvalue weighted by Gasteiger charge is -2.28. The number of ether oxygens (including phenoxy) is 2. The average Bonchev–Trinajstić information content (AvgIpc) is 0.920. The SMILES string of the molecule is CC/C=C\C/C=C\C/C=C\C/C=C\C/C=C\C/C=C\C/C=C\C/C=C\C/C=C\CCCCCCCCCCCCCCCC(=O)OC(COC(=O)CCCCCCCCCCCCCCCCCCC/C=C\C/C=C\C/C=C\C/C=C\C/C=C\C/C=C\C/C=C\CC)COP(=O)([O-])OCC[N+](C)(C)C. The van der Waals surface area contributed by atoms with Crippen LogP contribution >= 0.6 is 7.82 Å². The number of carbonyl (C=O) groups excluding carboxylic acids is 2. The van der Waals surface area contributed by atoms with Crippen LogP contribution in [-0.4, -0.2) is 70.0 Å². The zero-order valence-electron chi connectivity index (χ0n) is 67.4.